The molecule has 2 amide bonds. The van der Waals surface area contributed by atoms with Crippen molar-refractivity contribution < 1.29 is 24.2 Å². The van der Waals surface area contributed by atoms with Crippen LogP contribution in [-0.4, -0.2) is 58.3 Å². The number of hydrogen-bond acceptors (Lipinski definition) is 6. The van der Waals surface area contributed by atoms with Crippen LogP contribution in [0.1, 0.15) is 19.4 Å². The lowest BCUT2D eigenvalue weighted by Crippen LogP contribution is -2.65. The first kappa shape index (κ1) is 20.4. The zero-order valence-corrected chi connectivity index (χ0v) is 16.6. The monoisotopic (exact) mass is 404 g/mol. The van der Waals surface area contributed by atoms with Crippen LogP contribution in [0, 0.1) is 5.92 Å². The minimum Gasteiger partial charge on any atom is -0.459 e. The molecule has 1 saturated heterocycles. The average molecular weight is 404 g/mol. The second kappa shape index (κ2) is 8.79. The molecular weight excluding hydrogens is 380 g/mol. The average Bonchev–Trinajstić information content (AvgIpc) is 2.98. The van der Waals surface area contributed by atoms with E-state index in [1.54, 1.807) is 6.92 Å². The standard InChI is InChI=1S/C20H24N2O5S/c1-12(23)17-15-10-16(28-9-8-21-13(2)24)18(22(15)19(17)25)20(26)27-11-14-6-4-3-5-7-14/h3-7,10,12,15,17-18,23H,8-9,11H2,1-2H3,(H,21,24). The van der Waals surface area contributed by atoms with E-state index in [2.05, 4.69) is 5.32 Å². The zero-order valence-electron chi connectivity index (χ0n) is 15.8. The lowest BCUT2D eigenvalue weighted by molar-refractivity contribution is -0.170. The number of aliphatic hydroxyl groups excluding tert-OH is 1. The molecule has 150 valence electrons. The molecule has 0 radical (unpaired) electrons. The number of thioether (sulfide) groups is 1. The molecule has 0 spiro atoms. The van der Waals surface area contributed by atoms with Crippen LogP contribution in [-0.2, 0) is 25.7 Å². The summed E-state index contributed by atoms with van der Waals surface area (Å²) in [5.74, 6) is -0.801. The Balaban J connectivity index is 1.68. The molecule has 8 heteroatoms. The fraction of sp³-hybridized carbons (Fsp3) is 0.450. The Morgan fingerprint density at radius 3 is 2.68 bits per heavy atom. The third kappa shape index (κ3) is 4.23. The summed E-state index contributed by atoms with van der Waals surface area (Å²) >= 11 is 1.42. The number of esters is 1. The highest BCUT2D eigenvalue weighted by Crippen LogP contribution is 2.44. The third-order valence-corrected chi connectivity index (χ3v) is 5.92. The van der Waals surface area contributed by atoms with Crippen molar-refractivity contribution in [2.75, 3.05) is 12.3 Å². The molecule has 0 aliphatic carbocycles. The molecule has 2 heterocycles. The molecule has 1 aromatic carbocycles. The Labute approximate surface area is 168 Å². The minimum atomic E-state index is -0.793. The summed E-state index contributed by atoms with van der Waals surface area (Å²) in [4.78, 5) is 38.5. The fourth-order valence-electron chi connectivity index (χ4n) is 3.49. The van der Waals surface area contributed by atoms with E-state index in [1.807, 2.05) is 36.4 Å². The molecule has 28 heavy (non-hydrogen) atoms. The molecule has 1 aromatic rings. The lowest BCUT2D eigenvalue weighted by atomic mass is 9.84. The van der Waals surface area contributed by atoms with Crippen LogP contribution in [0.5, 0.6) is 0 Å². The van der Waals surface area contributed by atoms with E-state index in [-0.39, 0.29) is 24.5 Å². The van der Waals surface area contributed by atoms with Crippen LogP contribution >= 0.6 is 11.8 Å². The fourth-order valence-corrected chi connectivity index (χ4v) is 4.53. The number of carbonyl (C=O) groups excluding carboxylic acids is 3. The maximum Gasteiger partial charge on any atom is 0.334 e. The number of carbonyl (C=O) groups is 3. The Bertz CT molecular complexity index is 780. The minimum absolute atomic E-state index is 0.118. The molecule has 3 rings (SSSR count). The van der Waals surface area contributed by atoms with Gasteiger partial charge >= 0.3 is 5.97 Å². The zero-order chi connectivity index (χ0) is 20.3. The highest BCUT2D eigenvalue weighted by atomic mass is 32.2. The van der Waals surface area contributed by atoms with Gasteiger partial charge in [0.15, 0.2) is 6.04 Å². The van der Waals surface area contributed by atoms with E-state index >= 15 is 0 Å². The summed E-state index contributed by atoms with van der Waals surface area (Å²) in [6, 6.07) is 8.25. The molecule has 1 fully saturated rings. The van der Waals surface area contributed by atoms with Crippen molar-refractivity contribution >= 4 is 29.5 Å². The molecule has 0 saturated carbocycles. The first-order valence-electron chi connectivity index (χ1n) is 9.20. The number of aliphatic hydroxyl groups is 1. The molecule has 2 aliphatic heterocycles. The topological polar surface area (TPSA) is 95.9 Å². The predicted octanol–water partition coefficient (Wildman–Crippen LogP) is 1.07. The highest BCUT2D eigenvalue weighted by molar-refractivity contribution is 8.03. The van der Waals surface area contributed by atoms with Gasteiger partial charge in [0.05, 0.1) is 18.1 Å². The van der Waals surface area contributed by atoms with Crippen molar-refractivity contribution in [1.82, 2.24) is 10.2 Å². The van der Waals surface area contributed by atoms with Gasteiger partial charge in [-0.25, -0.2) is 4.79 Å². The predicted molar refractivity (Wildman–Crippen MR) is 105 cm³/mol. The van der Waals surface area contributed by atoms with Gasteiger partial charge in [0, 0.05) is 24.1 Å². The van der Waals surface area contributed by atoms with Crippen molar-refractivity contribution in [1.29, 1.82) is 0 Å². The molecular formula is C20H24N2O5S. The summed E-state index contributed by atoms with van der Waals surface area (Å²) in [6.45, 7) is 3.62. The summed E-state index contributed by atoms with van der Waals surface area (Å²) in [7, 11) is 0. The van der Waals surface area contributed by atoms with E-state index < -0.39 is 24.0 Å². The van der Waals surface area contributed by atoms with Crippen LogP contribution in [0.4, 0.5) is 0 Å². The van der Waals surface area contributed by atoms with Gasteiger partial charge in [-0.05, 0) is 18.6 Å². The first-order valence-corrected chi connectivity index (χ1v) is 10.2. The lowest BCUT2D eigenvalue weighted by Gasteiger charge is -2.46. The number of ether oxygens (including phenoxy) is 1. The molecule has 2 N–H and O–H groups in total. The van der Waals surface area contributed by atoms with Crippen molar-refractivity contribution in [2.24, 2.45) is 5.92 Å². The summed E-state index contributed by atoms with van der Waals surface area (Å²) in [6.07, 6.45) is 1.08. The molecule has 7 nitrogen and oxygen atoms in total. The van der Waals surface area contributed by atoms with Gasteiger partial charge in [-0.15, -0.1) is 11.8 Å². The Morgan fingerprint density at radius 1 is 1.32 bits per heavy atom. The maximum atomic E-state index is 12.8. The van der Waals surface area contributed by atoms with E-state index in [1.165, 1.54) is 23.6 Å². The number of benzene rings is 1. The Kier molecular flexibility index (Phi) is 6.41. The quantitative estimate of drug-likeness (QED) is 0.382. The molecule has 0 aromatic heterocycles. The number of rotatable bonds is 8. The molecule has 4 unspecified atom stereocenters. The smallest absolute Gasteiger partial charge is 0.334 e. The van der Waals surface area contributed by atoms with Crippen molar-refractivity contribution in [3.05, 3.63) is 46.9 Å². The summed E-state index contributed by atoms with van der Waals surface area (Å²) < 4.78 is 5.46. The van der Waals surface area contributed by atoms with Crippen LogP contribution in [0.2, 0.25) is 0 Å². The SMILES string of the molecule is CC(=O)NCCSC1=CC2C(C(C)O)C(=O)N2C1C(=O)OCc1ccccc1. The van der Waals surface area contributed by atoms with Gasteiger partial charge in [-0.2, -0.15) is 0 Å². The van der Waals surface area contributed by atoms with E-state index in [4.69, 9.17) is 4.74 Å². The largest absolute Gasteiger partial charge is 0.459 e. The maximum absolute atomic E-state index is 12.8. The van der Waals surface area contributed by atoms with Gasteiger partial charge in [0.25, 0.3) is 0 Å². The van der Waals surface area contributed by atoms with Crippen LogP contribution in [0.25, 0.3) is 0 Å². The molecule has 4 atom stereocenters. The van der Waals surface area contributed by atoms with Gasteiger partial charge in [-0.1, -0.05) is 30.3 Å². The van der Waals surface area contributed by atoms with Crippen molar-refractivity contribution in [3.63, 3.8) is 0 Å². The van der Waals surface area contributed by atoms with Crippen molar-refractivity contribution in [2.45, 2.75) is 38.6 Å². The number of hydrogen-bond donors (Lipinski definition) is 2. The number of fused-ring (bicyclic) bond motifs is 1. The number of β-lactam (4-membered cyclic amide) rings is 1. The highest BCUT2D eigenvalue weighted by Gasteiger charge is 2.58. The second-order valence-electron chi connectivity index (χ2n) is 6.90. The molecule has 0 bridgehead atoms. The van der Waals surface area contributed by atoms with Gasteiger partial charge < -0.3 is 20.1 Å². The normalized spacial score (nSPS) is 24.1. The summed E-state index contributed by atoms with van der Waals surface area (Å²) in [5.41, 5.74) is 0.867. The van der Waals surface area contributed by atoms with E-state index in [0.717, 1.165) is 10.5 Å². The van der Waals surface area contributed by atoms with E-state index in [0.29, 0.717) is 12.3 Å². The van der Waals surface area contributed by atoms with Gasteiger partial charge in [0.2, 0.25) is 11.8 Å². The number of amides is 2. The third-order valence-electron chi connectivity index (χ3n) is 4.82. The van der Waals surface area contributed by atoms with Gasteiger partial charge in [-0.3, -0.25) is 9.59 Å². The summed E-state index contributed by atoms with van der Waals surface area (Å²) in [5, 5.41) is 12.6. The number of nitrogens with zero attached hydrogens (tertiary/aromatic N) is 1. The van der Waals surface area contributed by atoms with Crippen LogP contribution < -0.4 is 5.32 Å². The number of nitrogens with one attached hydrogen (secondary N) is 1. The van der Waals surface area contributed by atoms with Crippen LogP contribution in [0.15, 0.2) is 41.3 Å². The van der Waals surface area contributed by atoms with Crippen molar-refractivity contribution in [3.8, 4) is 0 Å². The van der Waals surface area contributed by atoms with E-state index in [9.17, 15) is 19.5 Å². The Hall–Kier alpha value is -2.32. The van der Waals surface area contributed by atoms with Gasteiger partial charge in [0.1, 0.15) is 6.61 Å². The Morgan fingerprint density at radius 2 is 2.04 bits per heavy atom. The molecule has 2 aliphatic rings. The second-order valence-corrected chi connectivity index (χ2v) is 8.07. The first-order chi connectivity index (χ1) is 13.4. The van der Waals surface area contributed by atoms with Crippen LogP contribution in [0.3, 0.4) is 0 Å².